The highest BCUT2D eigenvalue weighted by Crippen LogP contribution is 2.40. The Labute approximate surface area is 146 Å². The molecule has 2 atom stereocenters. The quantitative estimate of drug-likeness (QED) is 0.769. The van der Waals surface area contributed by atoms with Gasteiger partial charge in [0, 0.05) is 11.6 Å². The number of halogens is 1. The monoisotopic (exact) mass is 354 g/mol. The number of rotatable bonds is 2. The molecule has 8 heteroatoms. The van der Waals surface area contributed by atoms with Crippen LogP contribution in [0.1, 0.15) is 5.56 Å². The normalized spacial score (nSPS) is 23.1. The maximum absolute atomic E-state index is 13.2. The number of hydrogen-bond acceptors (Lipinski definition) is 6. The van der Waals surface area contributed by atoms with E-state index in [9.17, 15) is 14.0 Å². The van der Waals surface area contributed by atoms with E-state index in [1.807, 2.05) is 0 Å². The summed E-state index contributed by atoms with van der Waals surface area (Å²) >= 11 is 0. The lowest BCUT2D eigenvalue weighted by atomic mass is 9.94. The molecule has 5 rings (SSSR count). The van der Waals surface area contributed by atoms with Crippen molar-refractivity contribution in [3.63, 3.8) is 0 Å². The van der Waals surface area contributed by atoms with Crippen molar-refractivity contribution in [1.29, 1.82) is 0 Å². The van der Waals surface area contributed by atoms with E-state index in [1.54, 1.807) is 18.2 Å². The fraction of sp³-hybridized carbons (Fsp3) is 0.167. The first-order chi connectivity index (χ1) is 12.6. The van der Waals surface area contributed by atoms with Crippen LogP contribution >= 0.6 is 0 Å². The first-order valence-electron chi connectivity index (χ1n) is 7.90. The van der Waals surface area contributed by atoms with E-state index in [2.05, 4.69) is 5.16 Å². The molecule has 2 amide bonds. The van der Waals surface area contributed by atoms with Crippen LogP contribution in [0.5, 0.6) is 11.5 Å². The van der Waals surface area contributed by atoms with Crippen molar-refractivity contribution in [1.82, 2.24) is 0 Å². The molecule has 130 valence electrons. The fourth-order valence-corrected chi connectivity index (χ4v) is 3.32. The summed E-state index contributed by atoms with van der Waals surface area (Å²) in [6, 6.07) is 10.4. The van der Waals surface area contributed by atoms with Crippen molar-refractivity contribution in [3.8, 4) is 11.5 Å². The molecule has 0 spiro atoms. The fourth-order valence-electron chi connectivity index (χ4n) is 3.32. The van der Waals surface area contributed by atoms with Gasteiger partial charge in [0.15, 0.2) is 11.5 Å². The highest BCUT2D eigenvalue weighted by molar-refractivity contribution is 6.32. The van der Waals surface area contributed by atoms with Crippen LogP contribution in [-0.4, -0.2) is 30.4 Å². The Bertz CT molecular complexity index is 972. The maximum atomic E-state index is 13.2. The van der Waals surface area contributed by atoms with Crippen molar-refractivity contribution in [2.24, 2.45) is 11.1 Å². The number of benzene rings is 2. The van der Waals surface area contributed by atoms with Crippen molar-refractivity contribution in [2.75, 3.05) is 11.7 Å². The third kappa shape index (κ3) is 2.01. The van der Waals surface area contributed by atoms with Crippen molar-refractivity contribution >= 4 is 23.2 Å². The molecule has 26 heavy (non-hydrogen) atoms. The predicted octanol–water partition coefficient (Wildman–Crippen LogP) is 1.85. The number of carbonyl (C=O) groups is 2. The standard InChI is InChI=1S/C18H11FN2O5/c19-10-3-1-9(2-4-10)15-14-16(26-20-15)18(23)21(17(14)22)11-5-6-12-13(7-11)25-8-24-12/h1-7,14,16H,8H2/t14-,16-/m0/s1. The number of nitrogens with zero attached hydrogens (tertiary/aromatic N) is 2. The van der Waals surface area contributed by atoms with Gasteiger partial charge in [-0.05, 0) is 24.3 Å². The van der Waals surface area contributed by atoms with Crippen LogP contribution in [0.15, 0.2) is 47.6 Å². The predicted molar refractivity (Wildman–Crippen MR) is 86.4 cm³/mol. The van der Waals surface area contributed by atoms with Crippen LogP contribution in [0.4, 0.5) is 10.1 Å². The van der Waals surface area contributed by atoms with E-state index < -0.39 is 29.7 Å². The summed E-state index contributed by atoms with van der Waals surface area (Å²) < 4.78 is 23.7. The second-order valence-corrected chi connectivity index (χ2v) is 6.04. The van der Waals surface area contributed by atoms with Gasteiger partial charge in [-0.2, -0.15) is 0 Å². The van der Waals surface area contributed by atoms with E-state index in [4.69, 9.17) is 14.3 Å². The Hall–Kier alpha value is -3.42. The van der Waals surface area contributed by atoms with Gasteiger partial charge in [0.2, 0.25) is 18.8 Å². The van der Waals surface area contributed by atoms with Gasteiger partial charge in [0.25, 0.3) is 5.91 Å². The van der Waals surface area contributed by atoms with Gasteiger partial charge >= 0.3 is 0 Å². The Morgan fingerprint density at radius 2 is 1.77 bits per heavy atom. The molecule has 0 N–H and O–H groups in total. The van der Waals surface area contributed by atoms with Gasteiger partial charge in [-0.3, -0.25) is 9.59 Å². The van der Waals surface area contributed by atoms with Crippen LogP contribution < -0.4 is 14.4 Å². The largest absolute Gasteiger partial charge is 0.454 e. The Kier molecular flexibility index (Phi) is 3.03. The third-order valence-electron chi connectivity index (χ3n) is 4.57. The number of hydrogen-bond donors (Lipinski definition) is 0. The van der Waals surface area contributed by atoms with E-state index in [0.29, 0.717) is 28.5 Å². The van der Waals surface area contributed by atoms with Crippen LogP contribution in [0.3, 0.4) is 0 Å². The minimum absolute atomic E-state index is 0.0937. The van der Waals surface area contributed by atoms with Crippen LogP contribution in [0, 0.1) is 11.7 Å². The molecule has 0 bridgehead atoms. The number of ether oxygens (including phenoxy) is 2. The molecule has 3 heterocycles. The average molecular weight is 354 g/mol. The minimum atomic E-state index is -1.02. The molecule has 2 aromatic rings. The average Bonchev–Trinajstić information content (AvgIpc) is 3.33. The number of imide groups is 1. The summed E-state index contributed by atoms with van der Waals surface area (Å²) in [6.45, 7) is 0.0937. The molecular weight excluding hydrogens is 343 g/mol. The number of oxime groups is 1. The Morgan fingerprint density at radius 3 is 2.58 bits per heavy atom. The maximum Gasteiger partial charge on any atom is 0.278 e. The lowest BCUT2D eigenvalue weighted by Gasteiger charge is -2.15. The molecule has 1 fully saturated rings. The van der Waals surface area contributed by atoms with Gasteiger partial charge in [-0.1, -0.05) is 17.3 Å². The molecule has 0 unspecified atom stereocenters. The van der Waals surface area contributed by atoms with Gasteiger partial charge in [-0.15, -0.1) is 0 Å². The highest BCUT2D eigenvalue weighted by Gasteiger charge is 2.56. The summed E-state index contributed by atoms with van der Waals surface area (Å²) in [5, 5.41) is 3.89. The summed E-state index contributed by atoms with van der Waals surface area (Å²) in [6.07, 6.45) is -1.02. The second kappa shape index (κ2) is 5.29. The molecule has 7 nitrogen and oxygen atoms in total. The number of carbonyl (C=O) groups excluding carboxylic acids is 2. The SMILES string of the molecule is O=C1[C@H]2C(c3ccc(F)cc3)=NO[C@@H]2C(=O)N1c1ccc2c(c1)OCO2. The summed E-state index contributed by atoms with van der Waals surface area (Å²) in [4.78, 5) is 31.9. The van der Waals surface area contributed by atoms with Crippen LogP contribution in [0.2, 0.25) is 0 Å². The van der Waals surface area contributed by atoms with Crippen LogP contribution in [-0.2, 0) is 14.4 Å². The Balaban J connectivity index is 1.50. The zero-order valence-electron chi connectivity index (χ0n) is 13.2. The summed E-state index contributed by atoms with van der Waals surface area (Å²) in [7, 11) is 0. The molecule has 0 saturated carbocycles. The van der Waals surface area contributed by atoms with Gasteiger partial charge in [0.1, 0.15) is 17.4 Å². The van der Waals surface area contributed by atoms with Gasteiger partial charge < -0.3 is 14.3 Å². The van der Waals surface area contributed by atoms with E-state index in [0.717, 1.165) is 4.90 Å². The molecule has 2 aromatic carbocycles. The number of amides is 2. The van der Waals surface area contributed by atoms with E-state index >= 15 is 0 Å². The molecule has 0 aromatic heterocycles. The lowest BCUT2D eigenvalue weighted by Crippen LogP contribution is -2.33. The van der Waals surface area contributed by atoms with Crippen molar-refractivity contribution < 1.29 is 28.3 Å². The van der Waals surface area contributed by atoms with Crippen molar-refractivity contribution in [3.05, 3.63) is 53.8 Å². The van der Waals surface area contributed by atoms with Gasteiger partial charge in [-0.25, -0.2) is 9.29 Å². The van der Waals surface area contributed by atoms with E-state index in [1.165, 1.54) is 24.3 Å². The molecule has 1 saturated heterocycles. The highest BCUT2D eigenvalue weighted by atomic mass is 19.1. The smallest absolute Gasteiger partial charge is 0.278 e. The summed E-state index contributed by atoms with van der Waals surface area (Å²) in [5.41, 5.74) is 1.23. The first-order valence-corrected chi connectivity index (χ1v) is 7.90. The zero-order chi connectivity index (χ0) is 17.8. The number of anilines is 1. The summed E-state index contributed by atoms with van der Waals surface area (Å²) in [5.74, 6) is -1.19. The molecule has 0 radical (unpaired) electrons. The third-order valence-corrected chi connectivity index (χ3v) is 4.57. The molecular formula is C18H11FN2O5. The second-order valence-electron chi connectivity index (χ2n) is 6.04. The van der Waals surface area contributed by atoms with E-state index in [-0.39, 0.29) is 6.79 Å². The zero-order valence-corrected chi connectivity index (χ0v) is 13.2. The molecule has 3 aliphatic heterocycles. The molecule has 0 aliphatic carbocycles. The van der Waals surface area contributed by atoms with Gasteiger partial charge in [0.05, 0.1) is 5.69 Å². The van der Waals surface area contributed by atoms with Crippen LogP contribution in [0.25, 0.3) is 0 Å². The Morgan fingerprint density at radius 1 is 1.00 bits per heavy atom. The number of fused-ring (bicyclic) bond motifs is 2. The van der Waals surface area contributed by atoms with Crippen molar-refractivity contribution in [2.45, 2.75) is 6.10 Å². The minimum Gasteiger partial charge on any atom is -0.454 e. The first kappa shape index (κ1) is 14.9. The topological polar surface area (TPSA) is 77.4 Å². The molecule has 3 aliphatic rings. The lowest BCUT2D eigenvalue weighted by molar-refractivity contribution is -0.126.